The van der Waals surface area contributed by atoms with Crippen molar-refractivity contribution in [1.29, 1.82) is 0 Å². The number of hydrogen-bond acceptors (Lipinski definition) is 5. The van der Waals surface area contributed by atoms with Gasteiger partial charge >= 0.3 is 0 Å². The number of aromatic nitrogens is 3. The monoisotopic (exact) mass is 421 g/mol. The molecule has 5 nitrogen and oxygen atoms in total. The number of anilines is 1. The molecule has 6 heteroatoms. The van der Waals surface area contributed by atoms with Crippen LogP contribution in [0.3, 0.4) is 0 Å². The Bertz CT molecular complexity index is 1290. The summed E-state index contributed by atoms with van der Waals surface area (Å²) in [4.78, 5) is 4.62. The SMILES string of the molecule is C(=NNc1nc(-c2ccccc2)cs1)c1cn(-c2ccccc2)nc1-c1ccccc1. The Labute approximate surface area is 184 Å². The Balaban J connectivity index is 1.41. The van der Waals surface area contributed by atoms with E-state index in [-0.39, 0.29) is 0 Å². The van der Waals surface area contributed by atoms with Gasteiger partial charge in [-0.25, -0.2) is 9.67 Å². The molecule has 0 unspecified atom stereocenters. The van der Waals surface area contributed by atoms with E-state index in [0.717, 1.165) is 38.9 Å². The lowest BCUT2D eigenvalue weighted by molar-refractivity contribution is 0.884. The van der Waals surface area contributed by atoms with Crippen molar-refractivity contribution in [3.8, 4) is 28.2 Å². The molecule has 3 aromatic carbocycles. The maximum absolute atomic E-state index is 4.80. The molecule has 0 aliphatic carbocycles. The molecule has 0 amide bonds. The van der Waals surface area contributed by atoms with Crippen molar-refractivity contribution in [1.82, 2.24) is 14.8 Å². The number of nitrogens with one attached hydrogen (secondary N) is 1. The Hall–Kier alpha value is -4.03. The van der Waals surface area contributed by atoms with Crippen molar-refractivity contribution in [2.45, 2.75) is 0 Å². The molecule has 31 heavy (non-hydrogen) atoms. The second kappa shape index (κ2) is 8.77. The van der Waals surface area contributed by atoms with E-state index in [2.05, 4.69) is 27.6 Å². The quantitative estimate of drug-likeness (QED) is 0.266. The molecule has 5 aromatic rings. The predicted molar refractivity (Wildman–Crippen MR) is 128 cm³/mol. The first-order valence-corrected chi connectivity index (χ1v) is 10.8. The van der Waals surface area contributed by atoms with Crippen LogP contribution in [-0.4, -0.2) is 21.0 Å². The average Bonchev–Trinajstić information content (AvgIpc) is 3.49. The number of hydrazone groups is 1. The van der Waals surface area contributed by atoms with Crippen LogP contribution in [-0.2, 0) is 0 Å². The highest BCUT2D eigenvalue weighted by molar-refractivity contribution is 7.14. The first-order valence-electron chi connectivity index (χ1n) is 9.87. The second-order valence-corrected chi connectivity index (χ2v) is 7.71. The molecule has 0 fully saturated rings. The Morgan fingerprint density at radius 2 is 1.45 bits per heavy atom. The molecule has 2 heterocycles. The fourth-order valence-electron chi connectivity index (χ4n) is 3.24. The third-order valence-corrected chi connectivity index (χ3v) is 5.50. The number of hydrogen-bond donors (Lipinski definition) is 1. The van der Waals surface area contributed by atoms with E-state index in [4.69, 9.17) is 5.10 Å². The molecule has 1 N–H and O–H groups in total. The van der Waals surface area contributed by atoms with Crippen LogP contribution in [0.15, 0.2) is 108 Å². The van der Waals surface area contributed by atoms with Crippen molar-refractivity contribution in [2.75, 3.05) is 5.43 Å². The largest absolute Gasteiger partial charge is 0.253 e. The van der Waals surface area contributed by atoms with Crippen molar-refractivity contribution in [3.63, 3.8) is 0 Å². The van der Waals surface area contributed by atoms with Gasteiger partial charge in [0, 0.05) is 28.3 Å². The lowest BCUT2D eigenvalue weighted by Crippen LogP contribution is -1.93. The fraction of sp³-hybridized carbons (Fsp3) is 0. The van der Waals surface area contributed by atoms with Gasteiger partial charge in [-0.15, -0.1) is 11.3 Å². The molecule has 0 aliphatic heterocycles. The average molecular weight is 422 g/mol. The first kappa shape index (κ1) is 19.0. The second-order valence-electron chi connectivity index (χ2n) is 6.85. The molecule has 0 saturated carbocycles. The first-order chi connectivity index (χ1) is 15.4. The number of benzene rings is 3. The van der Waals surface area contributed by atoms with Gasteiger partial charge in [-0.2, -0.15) is 10.2 Å². The number of para-hydroxylation sites is 1. The molecular formula is C25H19N5S. The van der Waals surface area contributed by atoms with Crippen LogP contribution in [0.4, 0.5) is 5.13 Å². The zero-order valence-electron chi connectivity index (χ0n) is 16.6. The summed E-state index contributed by atoms with van der Waals surface area (Å²) < 4.78 is 1.88. The minimum absolute atomic E-state index is 0.742. The molecular weight excluding hydrogens is 402 g/mol. The van der Waals surface area contributed by atoms with E-state index in [1.54, 1.807) is 6.21 Å². The third kappa shape index (κ3) is 4.29. The van der Waals surface area contributed by atoms with Crippen LogP contribution in [0.1, 0.15) is 5.56 Å². The van der Waals surface area contributed by atoms with Crippen molar-refractivity contribution in [2.24, 2.45) is 5.10 Å². The summed E-state index contributed by atoms with van der Waals surface area (Å²) in [5, 5.41) is 12.0. The van der Waals surface area contributed by atoms with E-state index < -0.39 is 0 Å². The summed E-state index contributed by atoms with van der Waals surface area (Å²) in [6.07, 6.45) is 3.78. The number of rotatable bonds is 6. The summed E-state index contributed by atoms with van der Waals surface area (Å²) in [5.41, 5.74) is 8.91. The van der Waals surface area contributed by atoms with Gasteiger partial charge in [-0.3, -0.25) is 5.43 Å². The topological polar surface area (TPSA) is 55.1 Å². The zero-order chi connectivity index (χ0) is 20.9. The normalized spacial score (nSPS) is 11.1. The molecule has 0 aliphatic rings. The summed E-state index contributed by atoms with van der Waals surface area (Å²) in [7, 11) is 0. The Morgan fingerprint density at radius 3 is 2.16 bits per heavy atom. The number of thiazole rings is 1. The molecule has 5 rings (SSSR count). The van der Waals surface area contributed by atoms with Crippen molar-refractivity contribution < 1.29 is 0 Å². The van der Waals surface area contributed by atoms with Gasteiger partial charge in [0.25, 0.3) is 0 Å². The van der Waals surface area contributed by atoms with E-state index >= 15 is 0 Å². The predicted octanol–water partition coefficient (Wildman–Crippen LogP) is 6.11. The molecule has 150 valence electrons. The highest BCUT2D eigenvalue weighted by Crippen LogP contribution is 2.25. The van der Waals surface area contributed by atoms with Gasteiger partial charge in [0.2, 0.25) is 5.13 Å². The van der Waals surface area contributed by atoms with Crippen LogP contribution < -0.4 is 5.43 Å². The van der Waals surface area contributed by atoms with Crippen LogP contribution >= 0.6 is 11.3 Å². The standard InChI is InChI=1S/C25H19N5S/c1-4-10-19(11-5-1)23-18-31-25(27-23)28-26-16-21-17-30(22-14-8-3-9-15-22)29-24(21)20-12-6-2-7-13-20/h1-18H,(H,27,28). The maximum atomic E-state index is 4.80. The summed E-state index contributed by atoms with van der Waals surface area (Å²) in [6, 6.07) is 30.3. The van der Waals surface area contributed by atoms with Gasteiger partial charge < -0.3 is 0 Å². The van der Waals surface area contributed by atoms with E-state index in [0.29, 0.717) is 0 Å². The van der Waals surface area contributed by atoms with Gasteiger partial charge in [0.1, 0.15) is 5.69 Å². The Morgan fingerprint density at radius 1 is 0.806 bits per heavy atom. The van der Waals surface area contributed by atoms with E-state index in [1.807, 2.05) is 95.1 Å². The molecule has 2 aromatic heterocycles. The maximum Gasteiger partial charge on any atom is 0.203 e. The van der Waals surface area contributed by atoms with E-state index in [1.165, 1.54) is 11.3 Å². The Kier molecular flexibility index (Phi) is 5.36. The minimum Gasteiger partial charge on any atom is -0.253 e. The van der Waals surface area contributed by atoms with Crippen LogP contribution in [0.2, 0.25) is 0 Å². The summed E-state index contributed by atoms with van der Waals surface area (Å²) >= 11 is 1.53. The number of nitrogens with zero attached hydrogens (tertiary/aromatic N) is 4. The van der Waals surface area contributed by atoms with Crippen LogP contribution in [0.5, 0.6) is 0 Å². The van der Waals surface area contributed by atoms with Gasteiger partial charge in [0.15, 0.2) is 0 Å². The van der Waals surface area contributed by atoms with Crippen molar-refractivity contribution in [3.05, 3.63) is 108 Å². The summed E-state index contributed by atoms with van der Waals surface area (Å²) in [5.74, 6) is 0. The van der Waals surface area contributed by atoms with Crippen LogP contribution in [0.25, 0.3) is 28.2 Å². The zero-order valence-corrected chi connectivity index (χ0v) is 17.4. The van der Waals surface area contributed by atoms with Gasteiger partial charge in [0.05, 0.1) is 17.6 Å². The third-order valence-electron chi connectivity index (χ3n) is 4.75. The summed E-state index contributed by atoms with van der Waals surface area (Å²) in [6.45, 7) is 0. The molecule has 0 atom stereocenters. The lowest BCUT2D eigenvalue weighted by Gasteiger charge is -2.00. The van der Waals surface area contributed by atoms with Crippen LogP contribution in [0, 0.1) is 0 Å². The molecule has 0 radical (unpaired) electrons. The highest BCUT2D eigenvalue weighted by Gasteiger charge is 2.11. The molecule has 0 saturated heterocycles. The lowest BCUT2D eigenvalue weighted by atomic mass is 10.1. The van der Waals surface area contributed by atoms with Gasteiger partial charge in [-0.1, -0.05) is 78.9 Å². The minimum atomic E-state index is 0.742. The molecule has 0 bridgehead atoms. The van der Waals surface area contributed by atoms with Gasteiger partial charge in [-0.05, 0) is 12.1 Å². The molecule has 0 spiro atoms. The smallest absolute Gasteiger partial charge is 0.203 e. The van der Waals surface area contributed by atoms with Crippen molar-refractivity contribution >= 4 is 22.7 Å². The highest BCUT2D eigenvalue weighted by atomic mass is 32.1. The van der Waals surface area contributed by atoms with E-state index in [9.17, 15) is 0 Å². The fourth-order valence-corrected chi connectivity index (χ4v) is 3.91.